The fourth-order valence-electron chi connectivity index (χ4n) is 1.74. The minimum absolute atomic E-state index is 0.446. The Morgan fingerprint density at radius 1 is 1.58 bits per heavy atom. The molecule has 1 heterocycles. The van der Waals surface area contributed by atoms with Crippen molar-refractivity contribution < 1.29 is 5.21 Å². The highest BCUT2D eigenvalue weighted by atomic mass is 32.2. The standard InChI is InChI=1S/C9H17NOS/c1-4-9-7(3)8(10-11)5-6(2)12-9/h6-7,9,11H,4-5H2,1-3H3/b10-8+/t6-,7-,9+/m1/s1. The maximum atomic E-state index is 8.77. The number of hydrogen-bond acceptors (Lipinski definition) is 3. The lowest BCUT2D eigenvalue weighted by Gasteiger charge is -2.32. The van der Waals surface area contributed by atoms with Gasteiger partial charge in [-0.2, -0.15) is 11.8 Å². The first kappa shape index (κ1) is 9.90. The lowest BCUT2D eigenvalue weighted by atomic mass is 9.95. The summed E-state index contributed by atoms with van der Waals surface area (Å²) in [6, 6.07) is 0. The molecule has 0 aliphatic carbocycles. The number of nitrogens with zero attached hydrogens (tertiary/aromatic N) is 1. The first-order valence-corrected chi connectivity index (χ1v) is 5.49. The van der Waals surface area contributed by atoms with E-state index in [4.69, 9.17) is 5.21 Å². The van der Waals surface area contributed by atoms with E-state index in [1.165, 1.54) is 0 Å². The Hall–Kier alpha value is -0.180. The van der Waals surface area contributed by atoms with Crippen LogP contribution in [0.5, 0.6) is 0 Å². The van der Waals surface area contributed by atoms with Gasteiger partial charge in [0.2, 0.25) is 0 Å². The highest BCUT2D eigenvalue weighted by Gasteiger charge is 2.29. The maximum absolute atomic E-state index is 8.77. The zero-order valence-corrected chi connectivity index (χ0v) is 8.77. The number of oxime groups is 1. The molecular weight excluding hydrogens is 170 g/mol. The summed E-state index contributed by atoms with van der Waals surface area (Å²) in [5.41, 5.74) is 0.980. The largest absolute Gasteiger partial charge is 0.411 e. The van der Waals surface area contributed by atoms with Gasteiger partial charge in [0.15, 0.2) is 0 Å². The van der Waals surface area contributed by atoms with E-state index in [1.54, 1.807) is 0 Å². The molecule has 0 saturated carbocycles. The predicted octanol–water partition coefficient (Wildman–Crippen LogP) is 2.76. The number of thioether (sulfide) groups is 1. The molecule has 0 unspecified atom stereocenters. The van der Waals surface area contributed by atoms with Gasteiger partial charge in [-0.15, -0.1) is 0 Å². The summed E-state index contributed by atoms with van der Waals surface area (Å²) in [6.07, 6.45) is 2.11. The van der Waals surface area contributed by atoms with Crippen LogP contribution in [0, 0.1) is 5.92 Å². The van der Waals surface area contributed by atoms with Crippen LogP contribution in [-0.2, 0) is 0 Å². The smallest absolute Gasteiger partial charge is 0.0620 e. The van der Waals surface area contributed by atoms with E-state index in [1.807, 2.05) is 11.8 Å². The van der Waals surface area contributed by atoms with E-state index < -0.39 is 0 Å². The normalized spacial score (nSPS) is 40.2. The van der Waals surface area contributed by atoms with E-state index in [0.717, 1.165) is 18.6 Å². The predicted molar refractivity (Wildman–Crippen MR) is 54.1 cm³/mol. The Kier molecular flexibility index (Phi) is 3.44. The average Bonchev–Trinajstić information content (AvgIpc) is 2.08. The Morgan fingerprint density at radius 2 is 2.25 bits per heavy atom. The van der Waals surface area contributed by atoms with Crippen LogP contribution in [-0.4, -0.2) is 21.4 Å². The third-order valence-corrected chi connectivity index (χ3v) is 4.24. The van der Waals surface area contributed by atoms with Gasteiger partial charge in [-0.1, -0.05) is 25.9 Å². The Labute approximate surface area is 78.4 Å². The second-order valence-corrected chi connectivity index (χ2v) is 5.16. The summed E-state index contributed by atoms with van der Waals surface area (Å²) < 4.78 is 0. The van der Waals surface area contributed by atoms with Crippen LogP contribution in [0.25, 0.3) is 0 Å². The van der Waals surface area contributed by atoms with Gasteiger partial charge in [0.1, 0.15) is 0 Å². The Morgan fingerprint density at radius 3 is 2.75 bits per heavy atom. The van der Waals surface area contributed by atoms with E-state index in [9.17, 15) is 0 Å². The van der Waals surface area contributed by atoms with Crippen molar-refractivity contribution in [3.8, 4) is 0 Å². The van der Waals surface area contributed by atoms with Gasteiger partial charge in [0.05, 0.1) is 5.71 Å². The first-order chi connectivity index (χ1) is 5.69. The maximum Gasteiger partial charge on any atom is 0.0620 e. The second-order valence-electron chi connectivity index (χ2n) is 3.48. The number of rotatable bonds is 1. The van der Waals surface area contributed by atoms with Crippen molar-refractivity contribution in [1.29, 1.82) is 0 Å². The summed E-state index contributed by atoms with van der Waals surface area (Å²) in [5.74, 6) is 0.446. The third kappa shape index (κ3) is 1.94. The van der Waals surface area contributed by atoms with Crippen LogP contribution in [0.4, 0.5) is 0 Å². The summed E-state index contributed by atoms with van der Waals surface area (Å²) >= 11 is 2.02. The summed E-state index contributed by atoms with van der Waals surface area (Å²) in [5, 5.41) is 13.4. The molecule has 3 heteroatoms. The van der Waals surface area contributed by atoms with E-state index >= 15 is 0 Å². The van der Waals surface area contributed by atoms with Gasteiger partial charge in [0.25, 0.3) is 0 Å². The fraction of sp³-hybridized carbons (Fsp3) is 0.889. The molecular formula is C9H17NOS. The minimum Gasteiger partial charge on any atom is -0.411 e. The van der Waals surface area contributed by atoms with Crippen molar-refractivity contribution in [3.05, 3.63) is 0 Å². The molecule has 12 heavy (non-hydrogen) atoms. The van der Waals surface area contributed by atoms with Crippen molar-refractivity contribution in [1.82, 2.24) is 0 Å². The zero-order valence-electron chi connectivity index (χ0n) is 7.95. The topological polar surface area (TPSA) is 32.6 Å². The van der Waals surface area contributed by atoms with Gasteiger partial charge < -0.3 is 5.21 Å². The molecule has 2 nitrogen and oxygen atoms in total. The van der Waals surface area contributed by atoms with Crippen LogP contribution in [0.3, 0.4) is 0 Å². The highest BCUT2D eigenvalue weighted by molar-refractivity contribution is 8.00. The van der Waals surface area contributed by atoms with E-state index in [2.05, 4.69) is 25.9 Å². The summed E-state index contributed by atoms with van der Waals surface area (Å²) in [6.45, 7) is 6.55. The quantitative estimate of drug-likeness (QED) is 0.505. The van der Waals surface area contributed by atoms with Crippen LogP contribution < -0.4 is 0 Å². The third-order valence-electron chi connectivity index (χ3n) is 2.52. The number of hydrogen-bond donors (Lipinski definition) is 1. The van der Waals surface area contributed by atoms with Crippen molar-refractivity contribution in [2.75, 3.05) is 0 Å². The second kappa shape index (κ2) is 4.17. The summed E-state index contributed by atoms with van der Waals surface area (Å²) in [4.78, 5) is 0. The van der Waals surface area contributed by atoms with Crippen LogP contribution in [0.1, 0.15) is 33.6 Å². The monoisotopic (exact) mass is 187 g/mol. The van der Waals surface area contributed by atoms with Gasteiger partial charge in [0, 0.05) is 22.8 Å². The van der Waals surface area contributed by atoms with Gasteiger partial charge in [-0.05, 0) is 6.42 Å². The first-order valence-electron chi connectivity index (χ1n) is 4.55. The van der Waals surface area contributed by atoms with Crippen molar-refractivity contribution in [2.45, 2.75) is 44.1 Å². The molecule has 1 saturated heterocycles. The lowest BCUT2D eigenvalue weighted by molar-refractivity contribution is 0.312. The summed E-state index contributed by atoms with van der Waals surface area (Å²) in [7, 11) is 0. The highest BCUT2D eigenvalue weighted by Crippen LogP contribution is 2.35. The molecule has 0 aromatic heterocycles. The molecule has 0 radical (unpaired) electrons. The molecule has 1 fully saturated rings. The van der Waals surface area contributed by atoms with E-state index in [-0.39, 0.29) is 0 Å². The van der Waals surface area contributed by atoms with Gasteiger partial charge >= 0.3 is 0 Å². The van der Waals surface area contributed by atoms with Crippen LogP contribution in [0.15, 0.2) is 5.16 Å². The Bertz CT molecular complexity index is 181. The molecule has 1 N–H and O–H groups in total. The molecule has 0 aromatic carbocycles. The molecule has 1 rings (SSSR count). The van der Waals surface area contributed by atoms with E-state index in [0.29, 0.717) is 16.4 Å². The van der Waals surface area contributed by atoms with Crippen molar-refractivity contribution in [2.24, 2.45) is 11.1 Å². The molecule has 1 aliphatic heterocycles. The molecule has 0 bridgehead atoms. The fourth-order valence-corrected chi connectivity index (χ4v) is 3.19. The van der Waals surface area contributed by atoms with Crippen molar-refractivity contribution in [3.63, 3.8) is 0 Å². The molecule has 3 atom stereocenters. The molecule has 0 spiro atoms. The molecule has 70 valence electrons. The zero-order chi connectivity index (χ0) is 9.14. The molecule has 0 amide bonds. The molecule has 1 aliphatic rings. The Balaban J connectivity index is 2.68. The van der Waals surface area contributed by atoms with Crippen LogP contribution in [0.2, 0.25) is 0 Å². The van der Waals surface area contributed by atoms with Gasteiger partial charge in [-0.3, -0.25) is 0 Å². The molecule has 0 aromatic rings. The lowest BCUT2D eigenvalue weighted by Crippen LogP contribution is -2.32. The van der Waals surface area contributed by atoms with Crippen molar-refractivity contribution >= 4 is 17.5 Å². The minimum atomic E-state index is 0.446. The van der Waals surface area contributed by atoms with Crippen LogP contribution >= 0.6 is 11.8 Å². The SMILES string of the molecule is CC[C@@H]1S[C@H](C)C/C(=N\O)[C@H]1C. The average molecular weight is 187 g/mol. The van der Waals surface area contributed by atoms with Gasteiger partial charge in [-0.25, -0.2) is 0 Å².